The molecule has 0 bridgehead atoms. The van der Waals surface area contributed by atoms with Gasteiger partial charge in [-0.1, -0.05) is 18.2 Å². The van der Waals surface area contributed by atoms with Crippen LogP contribution in [-0.4, -0.2) is 15.0 Å². The van der Waals surface area contributed by atoms with Crippen LogP contribution in [0, 0.1) is 0 Å². The average Bonchev–Trinajstić information content (AvgIpc) is 3.00. The number of aromatic nitrogens is 3. The van der Waals surface area contributed by atoms with Gasteiger partial charge in [-0.3, -0.25) is 15.0 Å². The lowest BCUT2D eigenvalue weighted by Crippen LogP contribution is -1.86. The first-order valence-corrected chi connectivity index (χ1v) is 8.18. The summed E-state index contributed by atoms with van der Waals surface area (Å²) in [6.07, 6.45) is 7.54. The van der Waals surface area contributed by atoms with E-state index in [0.29, 0.717) is 0 Å². The third-order valence-corrected chi connectivity index (χ3v) is 5.22. The second kappa shape index (κ2) is 4.83. The van der Waals surface area contributed by atoms with Crippen LogP contribution >= 0.6 is 11.3 Å². The van der Waals surface area contributed by atoms with Gasteiger partial charge < -0.3 is 0 Å². The normalized spacial score (nSPS) is 11.5. The highest BCUT2D eigenvalue weighted by molar-refractivity contribution is 7.26. The molecule has 0 N–H and O–H groups in total. The van der Waals surface area contributed by atoms with Crippen LogP contribution in [0.5, 0.6) is 0 Å². The molecule has 0 aliphatic carbocycles. The Bertz CT molecular complexity index is 1180. The fourth-order valence-corrected chi connectivity index (χ4v) is 4.14. The fraction of sp³-hybridized carbons (Fsp3) is 0. The molecule has 108 valence electrons. The molecule has 0 fully saturated rings. The Kier molecular flexibility index (Phi) is 2.66. The molecule has 4 aromatic heterocycles. The van der Waals surface area contributed by atoms with Crippen molar-refractivity contribution in [3.63, 3.8) is 0 Å². The number of pyridine rings is 3. The summed E-state index contributed by atoms with van der Waals surface area (Å²) in [7, 11) is 0. The van der Waals surface area contributed by atoms with Crippen LogP contribution in [0.1, 0.15) is 0 Å². The topological polar surface area (TPSA) is 38.7 Å². The molecular weight excluding hydrogens is 302 g/mol. The lowest BCUT2D eigenvalue weighted by molar-refractivity contribution is 1.34. The summed E-state index contributed by atoms with van der Waals surface area (Å²) in [4.78, 5) is 13.4. The lowest BCUT2D eigenvalue weighted by Gasteiger charge is -2.04. The van der Waals surface area contributed by atoms with E-state index < -0.39 is 0 Å². The van der Waals surface area contributed by atoms with Crippen molar-refractivity contribution in [1.29, 1.82) is 0 Å². The maximum absolute atomic E-state index is 4.63. The van der Waals surface area contributed by atoms with E-state index in [1.807, 2.05) is 43.0 Å². The van der Waals surface area contributed by atoms with Gasteiger partial charge in [0.25, 0.3) is 0 Å². The first kappa shape index (κ1) is 12.7. The summed E-state index contributed by atoms with van der Waals surface area (Å²) in [6.45, 7) is 0. The number of fused-ring (bicyclic) bond motifs is 4. The molecule has 5 rings (SSSR count). The van der Waals surface area contributed by atoms with Crippen molar-refractivity contribution in [2.45, 2.75) is 0 Å². The van der Waals surface area contributed by atoms with E-state index in [-0.39, 0.29) is 0 Å². The molecule has 0 atom stereocenters. The van der Waals surface area contributed by atoms with E-state index in [9.17, 15) is 0 Å². The standard InChI is InChI=1S/C19H11N3S/c1-2-4-16-12(3-1)9-13(10-22-16)18-19-15(6-8-21-18)14-5-7-20-11-17(14)23-19/h1-11H. The Morgan fingerprint density at radius 1 is 0.826 bits per heavy atom. The van der Waals surface area contributed by atoms with Crippen molar-refractivity contribution in [1.82, 2.24) is 15.0 Å². The number of rotatable bonds is 1. The summed E-state index contributed by atoms with van der Waals surface area (Å²) in [5.41, 5.74) is 3.04. The Morgan fingerprint density at radius 3 is 2.74 bits per heavy atom. The van der Waals surface area contributed by atoms with Gasteiger partial charge in [0.15, 0.2) is 0 Å². The van der Waals surface area contributed by atoms with Crippen LogP contribution in [-0.2, 0) is 0 Å². The second-order valence-electron chi connectivity index (χ2n) is 5.43. The molecule has 0 aliphatic rings. The molecular formula is C19H11N3S. The number of nitrogens with zero attached hydrogens (tertiary/aromatic N) is 3. The molecule has 4 heteroatoms. The zero-order valence-electron chi connectivity index (χ0n) is 12.1. The maximum atomic E-state index is 4.63. The molecule has 23 heavy (non-hydrogen) atoms. The number of hydrogen-bond donors (Lipinski definition) is 0. The Balaban J connectivity index is 1.84. The minimum absolute atomic E-state index is 0.988. The molecule has 4 heterocycles. The highest BCUT2D eigenvalue weighted by Crippen LogP contribution is 2.38. The van der Waals surface area contributed by atoms with Gasteiger partial charge in [0, 0.05) is 46.5 Å². The second-order valence-corrected chi connectivity index (χ2v) is 6.48. The SMILES string of the molecule is c1ccc2ncc(-c3nccc4c3sc3cnccc34)cc2c1. The summed E-state index contributed by atoms with van der Waals surface area (Å²) >= 11 is 1.74. The van der Waals surface area contributed by atoms with Gasteiger partial charge in [-0.15, -0.1) is 11.3 Å². The third kappa shape index (κ3) is 1.92. The molecule has 0 aliphatic heterocycles. The molecule has 5 aromatic rings. The monoisotopic (exact) mass is 313 g/mol. The van der Waals surface area contributed by atoms with Crippen molar-refractivity contribution in [3.05, 3.63) is 67.3 Å². The number of hydrogen-bond acceptors (Lipinski definition) is 4. The van der Waals surface area contributed by atoms with Crippen LogP contribution in [0.15, 0.2) is 67.3 Å². The van der Waals surface area contributed by atoms with Gasteiger partial charge in [-0.05, 0) is 24.3 Å². The minimum Gasteiger partial charge on any atom is -0.263 e. The van der Waals surface area contributed by atoms with E-state index in [1.165, 1.54) is 20.2 Å². The largest absolute Gasteiger partial charge is 0.263 e. The Hall–Kier alpha value is -2.85. The summed E-state index contributed by atoms with van der Waals surface area (Å²) in [5, 5.41) is 3.59. The van der Waals surface area contributed by atoms with Gasteiger partial charge in [0.05, 0.1) is 20.6 Å². The Morgan fingerprint density at radius 2 is 1.74 bits per heavy atom. The van der Waals surface area contributed by atoms with Crippen LogP contribution in [0.4, 0.5) is 0 Å². The quantitative estimate of drug-likeness (QED) is 0.434. The van der Waals surface area contributed by atoms with Crippen LogP contribution < -0.4 is 0 Å². The van der Waals surface area contributed by atoms with Crippen LogP contribution in [0.2, 0.25) is 0 Å². The molecule has 0 spiro atoms. The van der Waals surface area contributed by atoms with Crippen molar-refractivity contribution < 1.29 is 0 Å². The minimum atomic E-state index is 0.988. The molecule has 1 aromatic carbocycles. The highest BCUT2D eigenvalue weighted by Gasteiger charge is 2.12. The number of thiophene rings is 1. The predicted octanol–water partition coefficient (Wildman–Crippen LogP) is 5.06. The highest BCUT2D eigenvalue weighted by atomic mass is 32.1. The average molecular weight is 313 g/mol. The fourth-order valence-electron chi connectivity index (χ4n) is 2.96. The van der Waals surface area contributed by atoms with Crippen LogP contribution in [0.3, 0.4) is 0 Å². The van der Waals surface area contributed by atoms with Crippen molar-refractivity contribution in [3.8, 4) is 11.3 Å². The van der Waals surface area contributed by atoms with Crippen molar-refractivity contribution in [2.75, 3.05) is 0 Å². The molecule has 0 saturated heterocycles. The van der Waals surface area contributed by atoms with Gasteiger partial charge in [0.2, 0.25) is 0 Å². The number of benzene rings is 1. The molecule has 0 amide bonds. The van der Waals surface area contributed by atoms with E-state index in [0.717, 1.165) is 22.2 Å². The lowest BCUT2D eigenvalue weighted by atomic mass is 10.1. The van der Waals surface area contributed by atoms with Gasteiger partial charge >= 0.3 is 0 Å². The van der Waals surface area contributed by atoms with E-state index in [4.69, 9.17) is 0 Å². The van der Waals surface area contributed by atoms with Crippen LogP contribution in [0.25, 0.3) is 42.3 Å². The Labute approximate surface area is 136 Å². The molecule has 3 nitrogen and oxygen atoms in total. The molecule has 0 radical (unpaired) electrons. The molecule has 0 unspecified atom stereocenters. The maximum Gasteiger partial charge on any atom is 0.0896 e. The smallest absolute Gasteiger partial charge is 0.0896 e. The first-order valence-electron chi connectivity index (χ1n) is 7.36. The molecule has 0 saturated carbocycles. The van der Waals surface area contributed by atoms with Gasteiger partial charge in [-0.2, -0.15) is 0 Å². The predicted molar refractivity (Wildman–Crippen MR) is 95.7 cm³/mol. The van der Waals surface area contributed by atoms with E-state index in [1.54, 1.807) is 11.3 Å². The van der Waals surface area contributed by atoms with Crippen molar-refractivity contribution >= 4 is 42.4 Å². The van der Waals surface area contributed by atoms with Gasteiger partial charge in [0.1, 0.15) is 0 Å². The van der Waals surface area contributed by atoms with E-state index >= 15 is 0 Å². The number of para-hydroxylation sites is 1. The zero-order chi connectivity index (χ0) is 15.2. The van der Waals surface area contributed by atoms with Gasteiger partial charge in [-0.25, -0.2) is 0 Å². The summed E-state index contributed by atoms with van der Waals surface area (Å²) < 4.78 is 2.37. The van der Waals surface area contributed by atoms with Crippen molar-refractivity contribution in [2.24, 2.45) is 0 Å². The first-order chi connectivity index (χ1) is 11.4. The zero-order valence-corrected chi connectivity index (χ0v) is 12.9. The summed E-state index contributed by atoms with van der Waals surface area (Å²) in [5.74, 6) is 0. The summed E-state index contributed by atoms with van der Waals surface area (Å²) in [6, 6.07) is 14.5. The van der Waals surface area contributed by atoms with E-state index in [2.05, 4.69) is 39.2 Å². The third-order valence-electron chi connectivity index (χ3n) is 4.06.